The highest BCUT2D eigenvalue weighted by Gasteiger charge is 2.28. The van der Waals surface area contributed by atoms with Gasteiger partial charge in [-0.2, -0.15) is 4.72 Å². The van der Waals surface area contributed by atoms with E-state index in [1.165, 1.54) is 20.8 Å². The van der Waals surface area contributed by atoms with Gasteiger partial charge in [-0.25, -0.2) is 8.42 Å². The second-order valence-corrected chi connectivity index (χ2v) is 6.73. The van der Waals surface area contributed by atoms with Crippen molar-refractivity contribution in [3.63, 3.8) is 0 Å². The van der Waals surface area contributed by atoms with Crippen LogP contribution in [0.3, 0.4) is 0 Å². The lowest BCUT2D eigenvalue weighted by atomic mass is 10.2. The number of nitrogens with zero attached hydrogens (tertiary/aromatic N) is 1. The SMILES string of the molecule is Cc1noc(C)c1S(=O)(=O)NC(C)C(=O)NCC(C)CN.Cl. The van der Waals surface area contributed by atoms with Gasteiger partial charge in [-0.15, -0.1) is 12.4 Å². The monoisotopic (exact) mass is 354 g/mol. The van der Waals surface area contributed by atoms with Crippen molar-refractivity contribution in [1.29, 1.82) is 0 Å². The fraction of sp³-hybridized carbons (Fsp3) is 0.667. The fourth-order valence-corrected chi connectivity index (χ4v) is 3.25. The average molecular weight is 355 g/mol. The second kappa shape index (κ2) is 8.47. The molecule has 1 heterocycles. The normalized spacial score (nSPS) is 14.0. The third-order valence-electron chi connectivity index (χ3n) is 2.99. The first-order chi connectivity index (χ1) is 9.69. The van der Waals surface area contributed by atoms with Crippen molar-refractivity contribution in [3.05, 3.63) is 11.5 Å². The third-order valence-corrected chi connectivity index (χ3v) is 4.77. The minimum absolute atomic E-state index is 0. The Balaban J connectivity index is 0.00000441. The maximum atomic E-state index is 12.2. The number of carbonyl (C=O) groups is 1. The molecule has 4 N–H and O–H groups in total. The molecule has 10 heteroatoms. The van der Waals surface area contributed by atoms with Crippen LogP contribution in [0.15, 0.2) is 9.42 Å². The van der Waals surface area contributed by atoms with E-state index in [2.05, 4.69) is 15.2 Å². The predicted octanol–water partition coefficient (Wildman–Crippen LogP) is 0.0910. The Bertz CT molecular complexity index is 583. The van der Waals surface area contributed by atoms with Gasteiger partial charge in [-0.3, -0.25) is 4.79 Å². The number of rotatable bonds is 7. The summed E-state index contributed by atoms with van der Waals surface area (Å²) in [6.45, 7) is 7.23. The van der Waals surface area contributed by atoms with Crippen LogP contribution in [-0.4, -0.2) is 38.6 Å². The van der Waals surface area contributed by atoms with Crippen molar-refractivity contribution in [2.24, 2.45) is 11.7 Å². The fourth-order valence-electron chi connectivity index (χ4n) is 1.71. The van der Waals surface area contributed by atoms with Gasteiger partial charge in [0.15, 0.2) is 5.76 Å². The van der Waals surface area contributed by atoms with Crippen LogP contribution in [0.4, 0.5) is 0 Å². The summed E-state index contributed by atoms with van der Waals surface area (Å²) in [6.07, 6.45) is 0. The van der Waals surface area contributed by atoms with Crippen molar-refractivity contribution in [2.45, 2.75) is 38.6 Å². The summed E-state index contributed by atoms with van der Waals surface area (Å²) < 4.78 is 31.6. The number of sulfonamides is 1. The maximum Gasteiger partial charge on any atom is 0.246 e. The Labute approximate surface area is 136 Å². The lowest BCUT2D eigenvalue weighted by molar-refractivity contribution is -0.122. The second-order valence-electron chi connectivity index (χ2n) is 5.08. The molecule has 1 aromatic heterocycles. The van der Waals surface area contributed by atoms with E-state index in [9.17, 15) is 13.2 Å². The molecule has 0 aliphatic rings. The molecule has 0 aliphatic heterocycles. The zero-order chi connectivity index (χ0) is 16.2. The first-order valence-corrected chi connectivity index (χ1v) is 8.10. The first-order valence-electron chi connectivity index (χ1n) is 6.62. The molecule has 1 rings (SSSR count). The molecule has 0 bridgehead atoms. The van der Waals surface area contributed by atoms with Crippen LogP contribution in [0.1, 0.15) is 25.3 Å². The molecular weight excluding hydrogens is 332 g/mol. The Morgan fingerprint density at radius 3 is 2.41 bits per heavy atom. The molecule has 2 atom stereocenters. The van der Waals surface area contributed by atoms with Crippen molar-refractivity contribution < 1.29 is 17.7 Å². The Hall–Kier alpha value is -1.16. The van der Waals surface area contributed by atoms with Gasteiger partial charge in [-0.1, -0.05) is 12.1 Å². The van der Waals surface area contributed by atoms with Crippen LogP contribution >= 0.6 is 12.4 Å². The summed E-state index contributed by atoms with van der Waals surface area (Å²) in [5, 5.41) is 6.24. The highest BCUT2D eigenvalue weighted by Crippen LogP contribution is 2.18. The van der Waals surface area contributed by atoms with Gasteiger partial charge in [-0.05, 0) is 33.2 Å². The minimum Gasteiger partial charge on any atom is -0.360 e. The van der Waals surface area contributed by atoms with E-state index in [0.717, 1.165) is 0 Å². The Morgan fingerprint density at radius 1 is 1.36 bits per heavy atom. The number of aryl methyl sites for hydroxylation is 2. The largest absolute Gasteiger partial charge is 0.360 e. The highest BCUT2D eigenvalue weighted by atomic mass is 35.5. The Morgan fingerprint density at radius 2 is 1.95 bits per heavy atom. The van der Waals surface area contributed by atoms with Gasteiger partial charge in [0.1, 0.15) is 10.6 Å². The summed E-state index contributed by atoms with van der Waals surface area (Å²) in [5.74, 6) is -0.102. The number of aromatic nitrogens is 1. The molecule has 0 saturated heterocycles. The van der Waals surface area contributed by atoms with Crippen LogP contribution in [-0.2, 0) is 14.8 Å². The van der Waals surface area contributed by atoms with Gasteiger partial charge in [0.05, 0.1) is 6.04 Å². The molecule has 1 aromatic rings. The topological polar surface area (TPSA) is 127 Å². The molecular formula is C12H23ClN4O4S. The molecule has 0 aliphatic carbocycles. The number of carbonyl (C=O) groups excluding carboxylic acids is 1. The van der Waals surface area contributed by atoms with Crippen LogP contribution in [0, 0.1) is 19.8 Å². The molecule has 0 fully saturated rings. The zero-order valence-electron chi connectivity index (χ0n) is 13.0. The predicted molar refractivity (Wildman–Crippen MR) is 84.2 cm³/mol. The summed E-state index contributed by atoms with van der Waals surface area (Å²) >= 11 is 0. The van der Waals surface area contributed by atoms with Crippen LogP contribution < -0.4 is 15.8 Å². The van der Waals surface area contributed by atoms with Crippen molar-refractivity contribution in [3.8, 4) is 0 Å². The minimum atomic E-state index is -3.86. The van der Waals surface area contributed by atoms with Gasteiger partial charge < -0.3 is 15.6 Å². The molecule has 22 heavy (non-hydrogen) atoms. The number of halogens is 1. The summed E-state index contributed by atoms with van der Waals surface area (Å²) in [7, 11) is -3.86. The zero-order valence-corrected chi connectivity index (χ0v) is 14.7. The van der Waals surface area contributed by atoms with Crippen molar-refractivity contribution in [2.75, 3.05) is 13.1 Å². The molecule has 0 radical (unpaired) electrons. The van der Waals surface area contributed by atoms with Crippen LogP contribution in [0.5, 0.6) is 0 Å². The molecule has 1 amide bonds. The highest BCUT2D eigenvalue weighted by molar-refractivity contribution is 7.89. The molecule has 0 saturated carbocycles. The van der Waals surface area contributed by atoms with E-state index in [0.29, 0.717) is 13.1 Å². The number of hydrogen-bond acceptors (Lipinski definition) is 6. The number of nitrogens with two attached hydrogens (primary N) is 1. The third kappa shape index (κ3) is 5.24. The van der Waals surface area contributed by atoms with E-state index in [1.807, 2.05) is 6.92 Å². The van der Waals surface area contributed by atoms with Crippen molar-refractivity contribution in [1.82, 2.24) is 15.2 Å². The van der Waals surface area contributed by atoms with E-state index in [1.54, 1.807) is 0 Å². The quantitative estimate of drug-likeness (QED) is 0.636. The molecule has 0 aromatic carbocycles. The van der Waals surface area contributed by atoms with E-state index in [4.69, 9.17) is 10.3 Å². The van der Waals surface area contributed by atoms with Crippen LogP contribution in [0.25, 0.3) is 0 Å². The van der Waals surface area contributed by atoms with Crippen LogP contribution in [0.2, 0.25) is 0 Å². The van der Waals surface area contributed by atoms with Gasteiger partial charge in [0.25, 0.3) is 0 Å². The summed E-state index contributed by atoms with van der Waals surface area (Å²) in [4.78, 5) is 11.8. The smallest absolute Gasteiger partial charge is 0.246 e. The lowest BCUT2D eigenvalue weighted by Gasteiger charge is -2.16. The van der Waals surface area contributed by atoms with Gasteiger partial charge in [0, 0.05) is 6.54 Å². The lowest BCUT2D eigenvalue weighted by Crippen LogP contribution is -2.46. The number of amides is 1. The molecule has 2 unspecified atom stereocenters. The maximum absolute atomic E-state index is 12.2. The standard InChI is InChI=1S/C12H22N4O4S.ClH/c1-7(5-13)6-14-12(17)9(3)16-21(18,19)11-8(2)15-20-10(11)4;/h7,9,16H,5-6,13H2,1-4H3,(H,14,17);1H. The molecule has 0 spiro atoms. The van der Waals surface area contributed by atoms with E-state index >= 15 is 0 Å². The number of hydrogen-bond donors (Lipinski definition) is 3. The number of nitrogens with one attached hydrogen (secondary N) is 2. The molecule has 8 nitrogen and oxygen atoms in total. The van der Waals surface area contributed by atoms with Gasteiger partial charge in [0.2, 0.25) is 15.9 Å². The summed E-state index contributed by atoms with van der Waals surface area (Å²) in [6, 6.07) is -0.909. The average Bonchev–Trinajstić information content (AvgIpc) is 2.74. The Kier molecular flexibility index (Phi) is 8.02. The van der Waals surface area contributed by atoms with E-state index in [-0.39, 0.29) is 34.7 Å². The van der Waals surface area contributed by atoms with Crippen molar-refractivity contribution >= 4 is 28.3 Å². The summed E-state index contributed by atoms with van der Waals surface area (Å²) in [5.41, 5.74) is 5.71. The van der Waals surface area contributed by atoms with E-state index < -0.39 is 22.0 Å². The first kappa shape index (κ1) is 20.8. The molecule has 128 valence electrons. The van der Waals surface area contributed by atoms with Gasteiger partial charge >= 0.3 is 0 Å².